The van der Waals surface area contributed by atoms with E-state index in [2.05, 4.69) is 0 Å². The van der Waals surface area contributed by atoms with Gasteiger partial charge in [-0.2, -0.15) is 0 Å². The third-order valence-electron chi connectivity index (χ3n) is 5.75. The lowest BCUT2D eigenvalue weighted by Crippen LogP contribution is -2.36. The van der Waals surface area contributed by atoms with Crippen molar-refractivity contribution in [2.45, 2.75) is 38.3 Å². The van der Waals surface area contributed by atoms with Gasteiger partial charge < -0.3 is 24.6 Å². The Hall–Kier alpha value is -3.32. The highest BCUT2D eigenvalue weighted by Crippen LogP contribution is 2.40. The van der Waals surface area contributed by atoms with Crippen molar-refractivity contribution in [1.29, 1.82) is 0 Å². The summed E-state index contributed by atoms with van der Waals surface area (Å²) < 4.78 is 11.3. The summed E-state index contributed by atoms with van der Waals surface area (Å²) in [6.07, 6.45) is 2.40. The van der Waals surface area contributed by atoms with Crippen molar-refractivity contribution in [2.75, 3.05) is 19.8 Å². The lowest BCUT2D eigenvalue weighted by Gasteiger charge is -2.27. The average molecular weight is 437 g/mol. The average Bonchev–Trinajstić information content (AvgIpc) is 3.40. The van der Waals surface area contributed by atoms with Crippen LogP contribution in [0.1, 0.15) is 43.4 Å². The molecule has 2 unspecified atom stereocenters. The van der Waals surface area contributed by atoms with E-state index in [-0.39, 0.29) is 29.7 Å². The molecule has 168 valence electrons. The molecule has 0 aromatic heterocycles. The number of hydrogen-bond acceptors (Lipinski definition) is 6. The van der Waals surface area contributed by atoms with Crippen molar-refractivity contribution in [3.8, 4) is 11.5 Å². The monoisotopic (exact) mass is 437 g/mol. The molecule has 2 saturated heterocycles. The van der Waals surface area contributed by atoms with Gasteiger partial charge in [-0.3, -0.25) is 9.59 Å². The largest absolute Gasteiger partial charge is 0.508 e. The van der Waals surface area contributed by atoms with Crippen molar-refractivity contribution >= 4 is 17.4 Å². The number of ether oxygens (including phenoxy) is 2. The van der Waals surface area contributed by atoms with Gasteiger partial charge in [0.15, 0.2) is 0 Å². The van der Waals surface area contributed by atoms with E-state index in [0.717, 1.165) is 19.3 Å². The number of phenolic OH excluding ortho intramolecular Hbond substituents is 1. The van der Waals surface area contributed by atoms with Gasteiger partial charge >= 0.3 is 0 Å². The number of aromatic hydroxyl groups is 1. The van der Waals surface area contributed by atoms with Gasteiger partial charge in [0.25, 0.3) is 11.7 Å². The number of nitrogens with zero attached hydrogens (tertiary/aromatic N) is 1. The molecule has 7 heteroatoms. The Balaban J connectivity index is 1.77. The van der Waals surface area contributed by atoms with Crippen LogP contribution in [0.2, 0.25) is 0 Å². The first-order valence-corrected chi connectivity index (χ1v) is 10.9. The van der Waals surface area contributed by atoms with Crippen LogP contribution in [0.25, 0.3) is 5.76 Å². The predicted molar refractivity (Wildman–Crippen MR) is 118 cm³/mol. The molecule has 0 radical (unpaired) electrons. The molecule has 2 fully saturated rings. The first-order chi connectivity index (χ1) is 15.5. The van der Waals surface area contributed by atoms with Crippen LogP contribution >= 0.6 is 0 Å². The van der Waals surface area contributed by atoms with Crippen LogP contribution in [-0.2, 0) is 14.3 Å². The Morgan fingerprint density at radius 2 is 1.97 bits per heavy atom. The highest BCUT2D eigenvalue weighted by molar-refractivity contribution is 6.46. The number of rotatable bonds is 7. The summed E-state index contributed by atoms with van der Waals surface area (Å²) in [6, 6.07) is 12.4. The highest BCUT2D eigenvalue weighted by Gasteiger charge is 2.47. The molecular formula is C25H27NO6. The van der Waals surface area contributed by atoms with Crippen molar-refractivity contribution in [3.63, 3.8) is 0 Å². The lowest BCUT2D eigenvalue weighted by molar-refractivity contribution is -0.140. The fraction of sp³-hybridized carbons (Fsp3) is 0.360. The third kappa shape index (κ3) is 4.34. The van der Waals surface area contributed by atoms with Crippen LogP contribution in [0, 0.1) is 0 Å². The van der Waals surface area contributed by atoms with Gasteiger partial charge in [0, 0.05) is 18.7 Å². The van der Waals surface area contributed by atoms with Crippen molar-refractivity contribution < 1.29 is 29.3 Å². The smallest absolute Gasteiger partial charge is 0.295 e. The Labute approximate surface area is 186 Å². The Bertz CT molecular complexity index is 1020. The fourth-order valence-corrected chi connectivity index (χ4v) is 4.19. The number of carbonyl (C=O) groups is 2. The zero-order chi connectivity index (χ0) is 22.7. The highest BCUT2D eigenvalue weighted by atomic mass is 16.5. The predicted octanol–water partition coefficient (Wildman–Crippen LogP) is 3.78. The van der Waals surface area contributed by atoms with Gasteiger partial charge in [-0.25, -0.2) is 0 Å². The number of carbonyl (C=O) groups excluding carboxylic acids is 2. The van der Waals surface area contributed by atoms with Crippen LogP contribution in [0.4, 0.5) is 0 Å². The number of phenols is 1. The molecule has 0 bridgehead atoms. The molecule has 4 rings (SSSR count). The minimum Gasteiger partial charge on any atom is -0.508 e. The number of aliphatic hydroxyl groups is 1. The van der Waals surface area contributed by atoms with Crippen LogP contribution in [0.3, 0.4) is 0 Å². The fourth-order valence-electron chi connectivity index (χ4n) is 4.19. The normalized spacial score (nSPS) is 22.5. The molecule has 0 aliphatic carbocycles. The SMILES string of the molecule is CCCOc1cccc(/C(O)=C2/C(=O)C(=O)N(CC3CCCO3)C2c2ccc(O)cc2)c1. The summed E-state index contributed by atoms with van der Waals surface area (Å²) in [4.78, 5) is 27.5. The van der Waals surface area contributed by atoms with Crippen LogP contribution in [0.5, 0.6) is 11.5 Å². The molecule has 2 aromatic carbocycles. The Kier molecular flexibility index (Phi) is 6.46. The van der Waals surface area contributed by atoms with E-state index >= 15 is 0 Å². The molecule has 0 saturated carbocycles. The van der Waals surface area contributed by atoms with Gasteiger partial charge in [-0.1, -0.05) is 31.2 Å². The number of Topliss-reactive ketones (excluding diaryl/α,β-unsaturated/α-hetero) is 1. The summed E-state index contributed by atoms with van der Waals surface area (Å²) in [5, 5.41) is 20.9. The number of likely N-dealkylation sites (tertiary alicyclic amines) is 1. The minimum absolute atomic E-state index is 0.0197. The van der Waals surface area contributed by atoms with E-state index in [0.29, 0.717) is 30.1 Å². The molecular weight excluding hydrogens is 410 g/mol. The quantitative estimate of drug-likeness (QED) is 0.389. The van der Waals surface area contributed by atoms with Crippen LogP contribution in [-0.4, -0.2) is 52.7 Å². The molecule has 2 aliphatic heterocycles. The number of amides is 1. The van der Waals surface area contributed by atoms with Gasteiger partial charge in [-0.15, -0.1) is 0 Å². The summed E-state index contributed by atoms with van der Waals surface area (Å²) >= 11 is 0. The van der Waals surface area contributed by atoms with E-state index in [1.54, 1.807) is 36.4 Å². The Morgan fingerprint density at radius 1 is 1.19 bits per heavy atom. The summed E-state index contributed by atoms with van der Waals surface area (Å²) in [5.74, 6) is -1.01. The van der Waals surface area contributed by atoms with E-state index in [1.165, 1.54) is 17.0 Å². The van der Waals surface area contributed by atoms with E-state index < -0.39 is 17.7 Å². The molecule has 1 amide bonds. The molecule has 2 aliphatic rings. The van der Waals surface area contributed by atoms with Crippen LogP contribution < -0.4 is 4.74 Å². The molecule has 2 atom stereocenters. The van der Waals surface area contributed by atoms with Gasteiger partial charge in [0.05, 0.1) is 24.3 Å². The standard InChI is InChI=1S/C25H27NO6/c1-2-12-31-19-6-3-5-17(14-19)23(28)21-22(16-8-10-18(27)11-9-16)26(25(30)24(21)29)15-20-7-4-13-32-20/h3,5-6,8-11,14,20,22,27-28H,2,4,7,12-13,15H2,1H3/b23-21-. The molecule has 2 heterocycles. The molecule has 2 aromatic rings. The van der Waals surface area contributed by atoms with Gasteiger partial charge in [0.2, 0.25) is 0 Å². The first-order valence-electron chi connectivity index (χ1n) is 10.9. The second kappa shape index (κ2) is 9.44. The maximum atomic E-state index is 13.1. The maximum absolute atomic E-state index is 13.1. The number of aliphatic hydroxyl groups excluding tert-OH is 1. The van der Waals surface area contributed by atoms with Crippen molar-refractivity contribution in [3.05, 3.63) is 65.2 Å². The lowest BCUT2D eigenvalue weighted by atomic mass is 9.95. The second-order valence-corrected chi connectivity index (χ2v) is 8.05. The number of benzene rings is 2. The van der Waals surface area contributed by atoms with Gasteiger partial charge in [-0.05, 0) is 49.1 Å². The summed E-state index contributed by atoms with van der Waals surface area (Å²) in [7, 11) is 0. The second-order valence-electron chi connectivity index (χ2n) is 8.05. The van der Waals surface area contributed by atoms with Gasteiger partial charge in [0.1, 0.15) is 17.3 Å². The Morgan fingerprint density at radius 3 is 2.66 bits per heavy atom. The summed E-state index contributed by atoms with van der Waals surface area (Å²) in [6.45, 7) is 3.41. The zero-order valence-electron chi connectivity index (χ0n) is 18.0. The molecule has 2 N–H and O–H groups in total. The zero-order valence-corrected chi connectivity index (χ0v) is 18.0. The summed E-state index contributed by atoms with van der Waals surface area (Å²) in [5.41, 5.74) is 1.05. The first kappa shape index (κ1) is 21.9. The maximum Gasteiger partial charge on any atom is 0.295 e. The third-order valence-corrected chi connectivity index (χ3v) is 5.75. The van der Waals surface area contributed by atoms with E-state index in [4.69, 9.17) is 9.47 Å². The number of hydrogen-bond donors (Lipinski definition) is 2. The molecule has 32 heavy (non-hydrogen) atoms. The van der Waals surface area contributed by atoms with E-state index in [9.17, 15) is 19.8 Å². The van der Waals surface area contributed by atoms with Crippen LogP contribution in [0.15, 0.2) is 54.1 Å². The van der Waals surface area contributed by atoms with Crippen molar-refractivity contribution in [1.82, 2.24) is 4.90 Å². The minimum atomic E-state index is -0.778. The molecule has 7 nitrogen and oxygen atoms in total. The van der Waals surface area contributed by atoms with E-state index in [1.807, 2.05) is 6.92 Å². The van der Waals surface area contributed by atoms with Crippen molar-refractivity contribution in [2.24, 2.45) is 0 Å². The molecule has 0 spiro atoms. The number of ketones is 1. The topological polar surface area (TPSA) is 96.3 Å².